The molecule has 1 aromatic rings. The number of aliphatic hydroxyl groups is 3. The largest absolute Gasteiger partial charge is 0.403 e. The van der Waals surface area contributed by atoms with E-state index < -0.39 is 50.1 Å². The molecule has 0 aromatic carbocycles. The summed E-state index contributed by atoms with van der Waals surface area (Å²) in [6.45, 7) is 4.21. The summed E-state index contributed by atoms with van der Waals surface area (Å²) >= 11 is 0. The van der Waals surface area contributed by atoms with Gasteiger partial charge in [0.15, 0.2) is 6.23 Å². The monoisotopic (exact) mass is 597 g/mol. The third-order valence-corrected chi connectivity index (χ3v) is 13.0. The zero-order valence-electron chi connectivity index (χ0n) is 23.7. The molecule has 0 spiro atoms. The Bertz CT molecular complexity index is 1300. The molecular formula is C28H44N3O9P. The number of nitrogens with zero attached hydrogens (tertiary/aromatic N) is 1. The van der Waals surface area contributed by atoms with Gasteiger partial charge in [-0.25, -0.2) is 14.4 Å². The van der Waals surface area contributed by atoms with Gasteiger partial charge in [0.25, 0.3) is 5.56 Å². The summed E-state index contributed by atoms with van der Waals surface area (Å²) in [5, 5.41) is 34.2. The molecule has 0 bridgehead atoms. The molecule has 6 N–H and O–H groups in total. The molecule has 13 atom stereocenters. The van der Waals surface area contributed by atoms with Crippen molar-refractivity contribution in [1.82, 2.24) is 14.6 Å². The predicted octanol–water partition coefficient (Wildman–Crippen LogP) is 1.63. The summed E-state index contributed by atoms with van der Waals surface area (Å²) in [5.41, 5.74) is -1.31. The Balaban J connectivity index is 1.09. The SMILES string of the molecule is CC12CCC(O)CC1CCC1C2CCC2(C)C(NP(=O)(O)OCC3OC(n4ccc(=O)[nH]c4=O)C(O)C3O)CCC12. The second kappa shape index (κ2) is 10.7. The van der Waals surface area contributed by atoms with E-state index in [0.29, 0.717) is 23.7 Å². The van der Waals surface area contributed by atoms with Crippen LogP contribution >= 0.6 is 7.75 Å². The van der Waals surface area contributed by atoms with Crippen LogP contribution in [0.25, 0.3) is 0 Å². The first kappa shape index (κ1) is 29.7. The fourth-order valence-electron chi connectivity index (χ4n) is 9.58. The van der Waals surface area contributed by atoms with Gasteiger partial charge in [-0.05, 0) is 92.3 Å². The molecular weight excluding hydrogens is 553 g/mol. The predicted molar refractivity (Wildman–Crippen MR) is 148 cm³/mol. The highest BCUT2D eigenvalue weighted by molar-refractivity contribution is 7.50. The molecule has 4 saturated carbocycles. The number of aromatic nitrogens is 2. The number of aromatic amines is 1. The third kappa shape index (κ3) is 5.12. The highest BCUT2D eigenvalue weighted by atomic mass is 31.2. The van der Waals surface area contributed by atoms with E-state index in [1.54, 1.807) is 0 Å². The quantitative estimate of drug-likeness (QED) is 0.264. The van der Waals surface area contributed by atoms with E-state index >= 15 is 0 Å². The summed E-state index contributed by atoms with van der Waals surface area (Å²) in [4.78, 5) is 36.4. The van der Waals surface area contributed by atoms with Crippen molar-refractivity contribution in [3.8, 4) is 0 Å². The van der Waals surface area contributed by atoms with Gasteiger partial charge < -0.3 is 24.9 Å². The molecule has 1 aromatic heterocycles. The molecule has 6 rings (SSSR count). The van der Waals surface area contributed by atoms with E-state index in [0.717, 1.165) is 74.6 Å². The minimum atomic E-state index is -4.30. The average molecular weight is 598 g/mol. The molecule has 13 unspecified atom stereocenters. The first-order valence-electron chi connectivity index (χ1n) is 15.1. The summed E-state index contributed by atoms with van der Waals surface area (Å²) in [5.74, 6) is 2.23. The van der Waals surface area contributed by atoms with Crippen molar-refractivity contribution in [3.63, 3.8) is 0 Å². The fraction of sp³-hybridized carbons (Fsp3) is 0.857. The Labute approximate surface area is 239 Å². The van der Waals surface area contributed by atoms with Crippen LogP contribution in [0.5, 0.6) is 0 Å². The van der Waals surface area contributed by atoms with Crippen LogP contribution < -0.4 is 16.3 Å². The standard InChI is InChI=1S/C28H44N3O9P/c1-27-10-7-16(32)13-15(27)3-4-17-18-5-6-21(28(18,2)11-8-19(17)27)30-41(37,38)39-14-20-23(34)24(35)25(40-20)31-12-9-22(33)29-26(31)36/h9,12,15-21,23-25,32,34-35H,3-8,10-11,13-14H2,1-2H3,(H,29,33,36)(H2,30,37,38). The molecule has 41 heavy (non-hydrogen) atoms. The highest BCUT2D eigenvalue weighted by Crippen LogP contribution is 2.66. The maximum absolute atomic E-state index is 13.2. The number of aliphatic hydroxyl groups excluding tert-OH is 3. The lowest BCUT2D eigenvalue weighted by Gasteiger charge is -2.61. The molecule has 1 aliphatic heterocycles. The normalized spacial score (nSPS) is 47.3. The second-order valence-corrected chi connectivity index (χ2v) is 15.3. The van der Waals surface area contributed by atoms with Crippen molar-refractivity contribution in [1.29, 1.82) is 0 Å². The summed E-state index contributed by atoms with van der Waals surface area (Å²) < 4.78 is 25.2. The van der Waals surface area contributed by atoms with E-state index in [2.05, 4.69) is 23.9 Å². The number of nitrogens with one attached hydrogen (secondary N) is 2. The van der Waals surface area contributed by atoms with Crippen molar-refractivity contribution in [3.05, 3.63) is 33.1 Å². The van der Waals surface area contributed by atoms with E-state index in [9.17, 15) is 34.4 Å². The Morgan fingerprint density at radius 3 is 2.54 bits per heavy atom. The zero-order valence-corrected chi connectivity index (χ0v) is 24.6. The van der Waals surface area contributed by atoms with Gasteiger partial charge in [0.1, 0.15) is 18.3 Å². The smallest absolute Gasteiger partial charge is 0.393 e. The number of rotatable bonds is 6. The third-order valence-electron chi connectivity index (χ3n) is 11.8. The van der Waals surface area contributed by atoms with Crippen molar-refractivity contribution in [2.24, 2.45) is 34.5 Å². The van der Waals surface area contributed by atoms with E-state index in [1.165, 1.54) is 0 Å². The average Bonchev–Trinajstić information content (AvgIpc) is 3.38. The van der Waals surface area contributed by atoms with Gasteiger partial charge in [-0.3, -0.25) is 18.9 Å². The number of ether oxygens (including phenoxy) is 1. The molecule has 12 nitrogen and oxygen atoms in total. The van der Waals surface area contributed by atoms with Gasteiger partial charge in [0.05, 0.1) is 12.7 Å². The Morgan fingerprint density at radius 1 is 1.05 bits per heavy atom. The van der Waals surface area contributed by atoms with Crippen LogP contribution in [0.4, 0.5) is 0 Å². The van der Waals surface area contributed by atoms with Crippen LogP contribution in [0.2, 0.25) is 0 Å². The van der Waals surface area contributed by atoms with Gasteiger partial charge in [-0.1, -0.05) is 13.8 Å². The second-order valence-electron chi connectivity index (χ2n) is 13.8. The number of H-pyrrole nitrogens is 1. The molecule has 4 aliphatic carbocycles. The van der Waals surface area contributed by atoms with E-state index in [1.807, 2.05) is 0 Å². The maximum Gasteiger partial charge on any atom is 0.403 e. The molecule has 5 aliphatic rings. The van der Waals surface area contributed by atoms with Crippen LogP contribution in [-0.4, -0.2) is 66.8 Å². The molecule has 2 heterocycles. The topological polar surface area (TPSA) is 183 Å². The lowest BCUT2D eigenvalue weighted by atomic mass is 9.45. The van der Waals surface area contributed by atoms with Gasteiger partial charge in [0, 0.05) is 18.3 Å². The Hall–Kier alpha value is -1.37. The van der Waals surface area contributed by atoms with Gasteiger partial charge in [-0.2, -0.15) is 0 Å². The number of hydrogen-bond donors (Lipinski definition) is 6. The van der Waals surface area contributed by atoms with Crippen molar-refractivity contribution in [2.45, 2.75) is 108 Å². The zero-order chi connectivity index (χ0) is 29.3. The highest BCUT2D eigenvalue weighted by Gasteiger charge is 2.60. The molecule has 1 saturated heterocycles. The van der Waals surface area contributed by atoms with Gasteiger partial charge in [-0.15, -0.1) is 0 Å². The van der Waals surface area contributed by atoms with E-state index in [-0.39, 0.29) is 23.0 Å². The first-order valence-corrected chi connectivity index (χ1v) is 16.7. The maximum atomic E-state index is 13.2. The summed E-state index contributed by atoms with van der Waals surface area (Å²) in [6, 6.07) is 0.893. The summed E-state index contributed by atoms with van der Waals surface area (Å²) in [7, 11) is -4.30. The number of fused-ring (bicyclic) bond motifs is 5. The van der Waals surface area contributed by atoms with Crippen molar-refractivity contribution in [2.75, 3.05) is 6.61 Å². The fourth-order valence-corrected chi connectivity index (χ4v) is 10.8. The first-order chi connectivity index (χ1) is 19.3. The van der Waals surface area contributed by atoms with Crippen LogP contribution in [-0.2, 0) is 13.8 Å². The molecule has 13 heteroatoms. The van der Waals surface area contributed by atoms with Crippen LogP contribution in [0.15, 0.2) is 21.9 Å². The molecule has 230 valence electrons. The van der Waals surface area contributed by atoms with Crippen LogP contribution in [0.1, 0.15) is 77.9 Å². The lowest BCUT2D eigenvalue weighted by molar-refractivity contribution is -0.123. The van der Waals surface area contributed by atoms with Gasteiger partial charge >= 0.3 is 13.4 Å². The van der Waals surface area contributed by atoms with Crippen molar-refractivity contribution < 1.29 is 34.0 Å². The van der Waals surface area contributed by atoms with Gasteiger partial charge in [0.2, 0.25) is 0 Å². The van der Waals surface area contributed by atoms with Crippen molar-refractivity contribution >= 4 is 7.75 Å². The van der Waals surface area contributed by atoms with Crippen LogP contribution in [0.3, 0.4) is 0 Å². The minimum Gasteiger partial charge on any atom is -0.393 e. The lowest BCUT2D eigenvalue weighted by Crippen LogP contribution is -2.55. The molecule has 0 amide bonds. The Kier molecular flexibility index (Phi) is 7.72. The van der Waals surface area contributed by atoms with Crippen LogP contribution in [0, 0.1) is 34.5 Å². The molecule has 5 fully saturated rings. The minimum absolute atomic E-state index is 0.143. The Morgan fingerprint density at radius 2 is 1.78 bits per heavy atom. The number of hydrogen-bond acceptors (Lipinski definition) is 8. The summed E-state index contributed by atoms with van der Waals surface area (Å²) in [6.07, 6.45) is 4.52. The molecule has 0 radical (unpaired) electrons. The van der Waals surface area contributed by atoms with E-state index in [4.69, 9.17) is 9.26 Å².